The summed E-state index contributed by atoms with van der Waals surface area (Å²) in [5, 5.41) is 17.9. The molecule has 106 valence electrons. The van der Waals surface area contributed by atoms with E-state index in [9.17, 15) is 9.18 Å². The fourth-order valence-corrected chi connectivity index (χ4v) is 1.89. The third-order valence-electron chi connectivity index (χ3n) is 2.85. The molecule has 0 aromatic heterocycles. The monoisotopic (exact) mass is 285 g/mol. The van der Waals surface area contributed by atoms with Crippen LogP contribution in [0, 0.1) is 24.1 Å². The number of benzene rings is 2. The van der Waals surface area contributed by atoms with Crippen molar-refractivity contribution in [1.82, 2.24) is 0 Å². The van der Waals surface area contributed by atoms with E-state index < -0.39 is 11.8 Å². The Labute approximate surface area is 121 Å². The quantitative estimate of drug-likeness (QED) is 0.935. The largest absolute Gasteiger partial charge is 0.488 e. The predicted molar refractivity (Wildman–Crippen MR) is 73.6 cm³/mol. The zero-order chi connectivity index (χ0) is 15.4. The maximum absolute atomic E-state index is 13.3. The molecular formula is C16H12FNO3. The second kappa shape index (κ2) is 6.06. The summed E-state index contributed by atoms with van der Waals surface area (Å²) in [6, 6.07) is 10.5. The zero-order valence-corrected chi connectivity index (χ0v) is 11.3. The number of nitrogens with zero attached hydrogens (tertiary/aromatic N) is 1. The minimum absolute atomic E-state index is 0.0177. The van der Waals surface area contributed by atoms with Crippen LogP contribution in [0.25, 0.3) is 0 Å². The number of hydrogen-bond donors (Lipinski definition) is 1. The Hall–Kier alpha value is -2.87. The van der Waals surface area contributed by atoms with Gasteiger partial charge in [0.05, 0.1) is 11.6 Å². The van der Waals surface area contributed by atoms with Gasteiger partial charge in [-0.1, -0.05) is 6.07 Å². The van der Waals surface area contributed by atoms with E-state index in [1.54, 1.807) is 12.1 Å². The Bertz CT molecular complexity index is 735. The second-order valence-corrected chi connectivity index (χ2v) is 4.55. The van der Waals surface area contributed by atoms with Crippen LogP contribution in [0.2, 0.25) is 0 Å². The number of aromatic carboxylic acids is 1. The van der Waals surface area contributed by atoms with Gasteiger partial charge in [0, 0.05) is 0 Å². The van der Waals surface area contributed by atoms with E-state index in [1.807, 2.05) is 13.0 Å². The minimum Gasteiger partial charge on any atom is -0.488 e. The highest BCUT2D eigenvalue weighted by Gasteiger charge is 2.11. The fraction of sp³-hybridized carbons (Fsp3) is 0.125. The smallest absolute Gasteiger partial charge is 0.339 e. The van der Waals surface area contributed by atoms with Crippen molar-refractivity contribution in [2.75, 3.05) is 0 Å². The van der Waals surface area contributed by atoms with E-state index in [4.69, 9.17) is 15.1 Å². The van der Waals surface area contributed by atoms with E-state index in [-0.39, 0.29) is 23.5 Å². The number of hydrogen-bond acceptors (Lipinski definition) is 3. The van der Waals surface area contributed by atoms with Crippen molar-refractivity contribution < 1.29 is 19.0 Å². The molecule has 0 radical (unpaired) electrons. The maximum Gasteiger partial charge on any atom is 0.339 e. The van der Waals surface area contributed by atoms with Crippen LogP contribution in [0.1, 0.15) is 27.0 Å². The van der Waals surface area contributed by atoms with Crippen LogP contribution < -0.4 is 4.74 Å². The first-order valence-corrected chi connectivity index (χ1v) is 6.16. The molecule has 2 rings (SSSR count). The number of aryl methyl sites for hydroxylation is 1. The Balaban J connectivity index is 2.24. The first kappa shape index (κ1) is 14.5. The Kier molecular flexibility index (Phi) is 4.19. The molecule has 0 heterocycles. The van der Waals surface area contributed by atoms with Crippen LogP contribution in [0.5, 0.6) is 5.75 Å². The molecular weight excluding hydrogens is 273 g/mol. The normalized spacial score (nSPS) is 9.95. The van der Waals surface area contributed by atoms with Crippen molar-refractivity contribution in [1.29, 1.82) is 5.26 Å². The highest BCUT2D eigenvalue weighted by Crippen LogP contribution is 2.22. The summed E-state index contributed by atoms with van der Waals surface area (Å²) in [7, 11) is 0. The van der Waals surface area contributed by atoms with Crippen molar-refractivity contribution in [3.8, 4) is 11.8 Å². The van der Waals surface area contributed by atoms with E-state index in [0.717, 1.165) is 11.6 Å². The van der Waals surface area contributed by atoms with Crippen molar-refractivity contribution >= 4 is 5.97 Å². The Morgan fingerprint density at radius 3 is 2.76 bits per heavy atom. The van der Waals surface area contributed by atoms with Crippen LogP contribution in [0.15, 0.2) is 36.4 Å². The molecule has 4 nitrogen and oxygen atoms in total. The summed E-state index contributed by atoms with van der Waals surface area (Å²) in [4.78, 5) is 11.1. The van der Waals surface area contributed by atoms with Gasteiger partial charge in [-0.05, 0) is 48.4 Å². The fourth-order valence-electron chi connectivity index (χ4n) is 1.89. The number of carboxylic acids is 1. The van der Waals surface area contributed by atoms with Gasteiger partial charge in [0.25, 0.3) is 0 Å². The van der Waals surface area contributed by atoms with Crippen LogP contribution >= 0.6 is 0 Å². The average molecular weight is 285 g/mol. The molecule has 2 aromatic rings. The number of nitriles is 1. The van der Waals surface area contributed by atoms with Gasteiger partial charge in [0.2, 0.25) is 0 Å². The molecule has 0 amide bonds. The topological polar surface area (TPSA) is 70.3 Å². The van der Waals surface area contributed by atoms with Gasteiger partial charge in [0.1, 0.15) is 23.7 Å². The predicted octanol–water partition coefficient (Wildman–Crippen LogP) is 3.28. The molecule has 0 aliphatic carbocycles. The molecule has 0 unspecified atom stereocenters. The molecule has 0 aliphatic rings. The molecule has 0 saturated carbocycles. The molecule has 21 heavy (non-hydrogen) atoms. The Morgan fingerprint density at radius 2 is 2.10 bits per heavy atom. The maximum atomic E-state index is 13.3. The van der Waals surface area contributed by atoms with Gasteiger partial charge >= 0.3 is 5.97 Å². The summed E-state index contributed by atoms with van der Waals surface area (Å²) in [6.45, 7) is 1.80. The molecule has 1 N–H and O–H groups in total. The molecule has 0 atom stereocenters. The van der Waals surface area contributed by atoms with Gasteiger partial charge in [-0.25, -0.2) is 9.18 Å². The summed E-state index contributed by atoms with van der Waals surface area (Å²) >= 11 is 0. The van der Waals surface area contributed by atoms with Crippen LogP contribution in [-0.2, 0) is 6.61 Å². The lowest BCUT2D eigenvalue weighted by molar-refractivity contribution is 0.0691. The lowest BCUT2D eigenvalue weighted by Crippen LogP contribution is -2.04. The summed E-state index contributed by atoms with van der Waals surface area (Å²) in [5.41, 5.74) is 1.55. The van der Waals surface area contributed by atoms with Crippen LogP contribution in [0.4, 0.5) is 4.39 Å². The summed E-state index contributed by atoms with van der Waals surface area (Å²) in [5.74, 6) is -1.41. The van der Waals surface area contributed by atoms with Crippen molar-refractivity contribution in [3.63, 3.8) is 0 Å². The molecule has 5 heteroatoms. The molecule has 0 bridgehead atoms. The highest BCUT2D eigenvalue weighted by atomic mass is 19.1. The minimum atomic E-state index is -1.10. The van der Waals surface area contributed by atoms with E-state index in [2.05, 4.69) is 0 Å². The summed E-state index contributed by atoms with van der Waals surface area (Å²) < 4.78 is 18.8. The summed E-state index contributed by atoms with van der Waals surface area (Å²) in [6.07, 6.45) is 0. The zero-order valence-electron chi connectivity index (χ0n) is 11.3. The van der Waals surface area contributed by atoms with Crippen LogP contribution in [-0.4, -0.2) is 11.1 Å². The molecule has 0 aliphatic heterocycles. The average Bonchev–Trinajstić information content (AvgIpc) is 2.44. The number of carboxylic acid groups (broad SMARTS) is 1. The van der Waals surface area contributed by atoms with Crippen molar-refractivity contribution in [2.45, 2.75) is 13.5 Å². The van der Waals surface area contributed by atoms with E-state index in [0.29, 0.717) is 5.56 Å². The molecule has 0 spiro atoms. The number of carbonyl (C=O) groups is 1. The van der Waals surface area contributed by atoms with Crippen molar-refractivity contribution in [2.24, 2.45) is 0 Å². The highest BCUT2D eigenvalue weighted by molar-refractivity contribution is 5.90. The third kappa shape index (κ3) is 3.57. The standard InChI is InChI=1S/C16H12FNO3/c1-10-2-3-14(16(19)20)15(4-10)21-9-12-5-11(8-18)6-13(17)7-12/h2-7H,9H2,1H3,(H,19,20). The first-order chi connectivity index (χ1) is 9.99. The number of halogens is 1. The van der Waals surface area contributed by atoms with E-state index >= 15 is 0 Å². The SMILES string of the molecule is Cc1ccc(C(=O)O)c(OCc2cc(F)cc(C#N)c2)c1. The second-order valence-electron chi connectivity index (χ2n) is 4.55. The van der Waals surface area contributed by atoms with Gasteiger partial charge in [-0.15, -0.1) is 0 Å². The molecule has 0 saturated heterocycles. The van der Waals surface area contributed by atoms with Gasteiger partial charge in [-0.2, -0.15) is 5.26 Å². The van der Waals surface area contributed by atoms with Crippen molar-refractivity contribution in [3.05, 3.63) is 64.5 Å². The van der Waals surface area contributed by atoms with Gasteiger partial charge in [-0.3, -0.25) is 0 Å². The molecule has 0 fully saturated rings. The molecule has 2 aromatic carbocycles. The lowest BCUT2D eigenvalue weighted by Gasteiger charge is -2.10. The lowest BCUT2D eigenvalue weighted by atomic mass is 10.1. The third-order valence-corrected chi connectivity index (χ3v) is 2.85. The van der Waals surface area contributed by atoms with Crippen LogP contribution in [0.3, 0.4) is 0 Å². The Morgan fingerprint density at radius 1 is 1.33 bits per heavy atom. The first-order valence-electron chi connectivity index (χ1n) is 6.16. The number of rotatable bonds is 4. The van der Waals surface area contributed by atoms with Gasteiger partial charge in [0.15, 0.2) is 0 Å². The number of ether oxygens (including phenoxy) is 1. The van der Waals surface area contributed by atoms with E-state index in [1.165, 1.54) is 18.2 Å². The van der Waals surface area contributed by atoms with Gasteiger partial charge < -0.3 is 9.84 Å².